The minimum Gasteiger partial charge on any atom is -0.396 e. The lowest BCUT2D eigenvalue weighted by Gasteiger charge is -2.11. The Kier molecular flexibility index (Phi) is 4.38. The Bertz CT molecular complexity index is 288. The Hall–Kier alpha value is -0.580. The van der Waals surface area contributed by atoms with E-state index in [1.54, 1.807) is 6.20 Å². The molecule has 0 saturated carbocycles. The van der Waals surface area contributed by atoms with Gasteiger partial charge in [0.15, 0.2) is 0 Å². The summed E-state index contributed by atoms with van der Waals surface area (Å²) >= 11 is 5.84. The standard InChI is InChI=1S/C9H16ClN3O/c1-7(3-4-14)11-6-9-12-5-8(10)13(9)2/h5,7,11,14H,3-4,6H2,1-2H3. The highest BCUT2D eigenvalue weighted by Crippen LogP contribution is 2.08. The highest BCUT2D eigenvalue weighted by molar-refractivity contribution is 6.29. The normalized spacial score (nSPS) is 13.1. The summed E-state index contributed by atoms with van der Waals surface area (Å²) in [4.78, 5) is 4.15. The zero-order chi connectivity index (χ0) is 10.6. The molecule has 0 spiro atoms. The van der Waals surface area contributed by atoms with Gasteiger partial charge in [0.1, 0.15) is 11.0 Å². The molecule has 0 bridgehead atoms. The molecule has 1 unspecified atom stereocenters. The van der Waals surface area contributed by atoms with Gasteiger partial charge in [0.2, 0.25) is 0 Å². The molecule has 0 saturated heterocycles. The lowest BCUT2D eigenvalue weighted by molar-refractivity contribution is 0.268. The Morgan fingerprint density at radius 3 is 2.93 bits per heavy atom. The quantitative estimate of drug-likeness (QED) is 0.772. The predicted octanol–water partition coefficient (Wildman–Crippen LogP) is 0.934. The second kappa shape index (κ2) is 5.34. The van der Waals surface area contributed by atoms with Crippen molar-refractivity contribution >= 4 is 11.6 Å². The van der Waals surface area contributed by atoms with E-state index in [1.165, 1.54) is 0 Å². The van der Waals surface area contributed by atoms with Crippen molar-refractivity contribution in [3.63, 3.8) is 0 Å². The smallest absolute Gasteiger partial charge is 0.128 e. The number of rotatable bonds is 5. The number of aromatic nitrogens is 2. The number of aliphatic hydroxyl groups excluding tert-OH is 1. The fourth-order valence-electron chi connectivity index (χ4n) is 1.15. The molecular formula is C9H16ClN3O. The molecule has 1 heterocycles. The molecule has 0 aliphatic carbocycles. The molecule has 0 aliphatic rings. The molecule has 0 amide bonds. The molecule has 0 fully saturated rings. The monoisotopic (exact) mass is 217 g/mol. The lowest BCUT2D eigenvalue weighted by Crippen LogP contribution is -2.27. The van der Waals surface area contributed by atoms with Crippen molar-refractivity contribution in [2.75, 3.05) is 6.61 Å². The van der Waals surface area contributed by atoms with Crippen LogP contribution in [0.15, 0.2) is 6.20 Å². The van der Waals surface area contributed by atoms with Gasteiger partial charge in [0.25, 0.3) is 0 Å². The van der Waals surface area contributed by atoms with Crippen LogP contribution in [0, 0.1) is 0 Å². The molecule has 4 nitrogen and oxygen atoms in total. The van der Waals surface area contributed by atoms with Crippen LogP contribution in [-0.2, 0) is 13.6 Å². The van der Waals surface area contributed by atoms with Crippen molar-refractivity contribution < 1.29 is 5.11 Å². The van der Waals surface area contributed by atoms with Gasteiger partial charge in [-0.15, -0.1) is 0 Å². The van der Waals surface area contributed by atoms with Crippen molar-refractivity contribution in [2.45, 2.75) is 25.9 Å². The Morgan fingerprint density at radius 2 is 2.43 bits per heavy atom. The third-order valence-corrected chi connectivity index (χ3v) is 2.55. The Morgan fingerprint density at radius 1 is 1.71 bits per heavy atom. The number of aliphatic hydroxyl groups is 1. The molecule has 5 heteroatoms. The highest BCUT2D eigenvalue weighted by Gasteiger charge is 2.05. The van der Waals surface area contributed by atoms with Gasteiger partial charge < -0.3 is 15.0 Å². The van der Waals surface area contributed by atoms with Crippen LogP contribution >= 0.6 is 11.6 Å². The zero-order valence-electron chi connectivity index (χ0n) is 8.50. The molecule has 1 aromatic heterocycles. The third kappa shape index (κ3) is 2.97. The van der Waals surface area contributed by atoms with Crippen LogP contribution < -0.4 is 5.32 Å². The SMILES string of the molecule is CC(CCO)NCc1ncc(Cl)n1C. The van der Waals surface area contributed by atoms with Gasteiger partial charge >= 0.3 is 0 Å². The van der Waals surface area contributed by atoms with E-state index in [-0.39, 0.29) is 12.6 Å². The van der Waals surface area contributed by atoms with Crippen LogP contribution in [0.4, 0.5) is 0 Å². The zero-order valence-corrected chi connectivity index (χ0v) is 9.25. The predicted molar refractivity (Wildman–Crippen MR) is 56.2 cm³/mol. The largest absolute Gasteiger partial charge is 0.396 e. The number of nitrogens with zero attached hydrogens (tertiary/aromatic N) is 2. The molecule has 14 heavy (non-hydrogen) atoms. The van der Waals surface area contributed by atoms with Gasteiger partial charge in [0.05, 0.1) is 12.7 Å². The average molecular weight is 218 g/mol. The maximum atomic E-state index is 8.71. The van der Waals surface area contributed by atoms with Crippen molar-refractivity contribution in [2.24, 2.45) is 7.05 Å². The van der Waals surface area contributed by atoms with Gasteiger partial charge in [0, 0.05) is 19.7 Å². The molecule has 1 rings (SSSR count). The van der Waals surface area contributed by atoms with E-state index in [1.807, 2.05) is 18.5 Å². The molecular weight excluding hydrogens is 202 g/mol. The summed E-state index contributed by atoms with van der Waals surface area (Å²) in [7, 11) is 1.88. The first-order valence-corrected chi connectivity index (χ1v) is 5.03. The van der Waals surface area contributed by atoms with Crippen LogP contribution in [-0.4, -0.2) is 27.3 Å². The van der Waals surface area contributed by atoms with Gasteiger partial charge in [-0.2, -0.15) is 0 Å². The van der Waals surface area contributed by atoms with E-state index in [0.29, 0.717) is 11.7 Å². The highest BCUT2D eigenvalue weighted by atomic mass is 35.5. The van der Waals surface area contributed by atoms with E-state index < -0.39 is 0 Å². The topological polar surface area (TPSA) is 50.1 Å². The molecule has 0 radical (unpaired) electrons. The summed E-state index contributed by atoms with van der Waals surface area (Å²) < 4.78 is 1.83. The van der Waals surface area contributed by atoms with E-state index in [2.05, 4.69) is 10.3 Å². The minimum absolute atomic E-state index is 0.204. The van der Waals surface area contributed by atoms with E-state index >= 15 is 0 Å². The van der Waals surface area contributed by atoms with Gasteiger partial charge in [-0.1, -0.05) is 11.6 Å². The van der Waals surface area contributed by atoms with E-state index in [0.717, 1.165) is 12.2 Å². The summed E-state index contributed by atoms with van der Waals surface area (Å²) in [6, 6.07) is 0.287. The van der Waals surface area contributed by atoms with E-state index in [9.17, 15) is 0 Å². The minimum atomic E-state index is 0.204. The first-order chi connectivity index (χ1) is 6.65. The fourth-order valence-corrected chi connectivity index (χ4v) is 1.30. The molecule has 80 valence electrons. The number of nitrogens with one attached hydrogen (secondary N) is 1. The second-order valence-corrected chi connectivity index (χ2v) is 3.74. The van der Waals surface area contributed by atoms with Crippen molar-refractivity contribution in [3.05, 3.63) is 17.2 Å². The van der Waals surface area contributed by atoms with E-state index in [4.69, 9.17) is 16.7 Å². The number of halogens is 1. The lowest BCUT2D eigenvalue weighted by atomic mass is 10.2. The molecule has 0 aliphatic heterocycles. The Balaban J connectivity index is 2.41. The summed E-state index contributed by atoms with van der Waals surface area (Å²) in [5, 5.41) is 12.6. The van der Waals surface area contributed by atoms with Gasteiger partial charge in [-0.3, -0.25) is 0 Å². The number of hydrogen-bond acceptors (Lipinski definition) is 3. The summed E-state index contributed by atoms with van der Waals surface area (Å²) in [6.07, 6.45) is 2.38. The average Bonchev–Trinajstić information content (AvgIpc) is 2.46. The van der Waals surface area contributed by atoms with Crippen molar-refractivity contribution in [1.82, 2.24) is 14.9 Å². The van der Waals surface area contributed by atoms with Crippen LogP contribution in [0.2, 0.25) is 5.15 Å². The summed E-state index contributed by atoms with van der Waals surface area (Å²) in [5.41, 5.74) is 0. The maximum Gasteiger partial charge on any atom is 0.128 e. The third-order valence-electron chi connectivity index (χ3n) is 2.20. The van der Waals surface area contributed by atoms with Crippen LogP contribution in [0.25, 0.3) is 0 Å². The molecule has 1 atom stereocenters. The fraction of sp³-hybridized carbons (Fsp3) is 0.667. The van der Waals surface area contributed by atoms with Crippen LogP contribution in [0.3, 0.4) is 0 Å². The molecule has 2 N–H and O–H groups in total. The summed E-state index contributed by atoms with van der Waals surface area (Å²) in [5.74, 6) is 0.903. The second-order valence-electron chi connectivity index (χ2n) is 3.35. The van der Waals surface area contributed by atoms with Gasteiger partial charge in [-0.05, 0) is 13.3 Å². The Labute approximate surface area is 88.9 Å². The first-order valence-electron chi connectivity index (χ1n) is 4.65. The summed E-state index contributed by atoms with van der Waals surface area (Å²) in [6.45, 7) is 2.90. The van der Waals surface area contributed by atoms with Crippen molar-refractivity contribution in [3.8, 4) is 0 Å². The number of hydrogen-bond donors (Lipinski definition) is 2. The van der Waals surface area contributed by atoms with Gasteiger partial charge in [-0.25, -0.2) is 4.98 Å². The first kappa shape index (κ1) is 11.5. The molecule has 0 aromatic carbocycles. The maximum absolute atomic E-state index is 8.71. The van der Waals surface area contributed by atoms with Crippen LogP contribution in [0.5, 0.6) is 0 Å². The van der Waals surface area contributed by atoms with Crippen LogP contribution in [0.1, 0.15) is 19.2 Å². The van der Waals surface area contributed by atoms with Crippen molar-refractivity contribution in [1.29, 1.82) is 0 Å². The number of imidazole rings is 1. The molecule has 1 aromatic rings.